The van der Waals surface area contributed by atoms with Crippen molar-refractivity contribution in [3.63, 3.8) is 0 Å². The summed E-state index contributed by atoms with van der Waals surface area (Å²) in [6.07, 6.45) is 2.47. The Morgan fingerprint density at radius 3 is 1.20 bits per heavy atom. The van der Waals surface area contributed by atoms with Gasteiger partial charge < -0.3 is 0 Å². The minimum atomic E-state index is 0.685. The highest BCUT2D eigenvalue weighted by Crippen LogP contribution is 2.37. The second-order valence-corrected chi connectivity index (χ2v) is 11.0. The molecule has 0 nitrogen and oxygen atoms in total. The van der Waals surface area contributed by atoms with Crippen molar-refractivity contribution >= 4 is 0 Å². The van der Waals surface area contributed by atoms with Gasteiger partial charge in [-0.1, -0.05) is 128 Å². The molecule has 0 fully saturated rings. The van der Waals surface area contributed by atoms with Gasteiger partial charge >= 0.3 is 0 Å². The highest BCUT2D eigenvalue weighted by molar-refractivity contribution is 5.80. The molecule has 0 heteroatoms. The summed E-state index contributed by atoms with van der Waals surface area (Å²) >= 11 is 0. The van der Waals surface area contributed by atoms with Crippen molar-refractivity contribution in [3.05, 3.63) is 157 Å². The maximum Gasteiger partial charge on any atom is -0.0178 e. The minimum absolute atomic E-state index is 0.685. The lowest BCUT2D eigenvalue weighted by molar-refractivity contribution is 0.747. The first-order valence-corrected chi connectivity index (χ1v) is 14.3. The number of hydrogen-bond acceptors (Lipinski definition) is 0. The van der Waals surface area contributed by atoms with E-state index in [0.717, 1.165) is 0 Å². The van der Waals surface area contributed by atoms with Crippen LogP contribution < -0.4 is 0 Å². The van der Waals surface area contributed by atoms with Crippen LogP contribution in [0.2, 0.25) is 0 Å². The Morgan fingerprint density at radius 2 is 0.750 bits per heavy atom. The lowest BCUT2D eigenvalue weighted by Crippen LogP contribution is -1.88. The highest BCUT2D eigenvalue weighted by Gasteiger charge is 2.18. The van der Waals surface area contributed by atoms with Gasteiger partial charge in [0.25, 0.3) is 0 Å². The molecule has 0 amide bonds. The molecule has 1 aliphatic carbocycles. The summed E-state index contributed by atoms with van der Waals surface area (Å²) in [6.45, 7) is 2.34. The van der Waals surface area contributed by atoms with Gasteiger partial charge in [-0.05, 0) is 110 Å². The summed E-state index contributed by atoms with van der Waals surface area (Å²) in [5, 5.41) is 0. The highest BCUT2D eigenvalue weighted by atomic mass is 14.2. The molecule has 0 bridgehead atoms. The van der Waals surface area contributed by atoms with Crippen LogP contribution in [-0.4, -0.2) is 0 Å². The molecule has 0 saturated carbocycles. The SMILES string of the molecule is CC1CCc2cc(-c3cccc(-c4cccc(-c5cccc(-c6cccc(-c7ccccc7)c6)c5)c4)c3)ccc21. The van der Waals surface area contributed by atoms with E-state index in [1.54, 1.807) is 0 Å². The maximum absolute atomic E-state index is 2.41. The van der Waals surface area contributed by atoms with Gasteiger partial charge in [-0.15, -0.1) is 0 Å². The predicted octanol–water partition coefficient (Wildman–Crippen LogP) is 11.1. The molecule has 0 radical (unpaired) electrons. The van der Waals surface area contributed by atoms with Crippen molar-refractivity contribution < 1.29 is 0 Å². The van der Waals surface area contributed by atoms with Gasteiger partial charge in [0, 0.05) is 0 Å². The van der Waals surface area contributed by atoms with E-state index in [4.69, 9.17) is 0 Å². The fourth-order valence-corrected chi connectivity index (χ4v) is 6.15. The Balaban J connectivity index is 1.20. The largest absolute Gasteiger partial charge is 0.0622 e. The summed E-state index contributed by atoms with van der Waals surface area (Å²) in [7, 11) is 0. The summed E-state index contributed by atoms with van der Waals surface area (Å²) in [5.74, 6) is 0.685. The van der Waals surface area contributed by atoms with Crippen LogP contribution in [0.1, 0.15) is 30.4 Å². The quantitative estimate of drug-likeness (QED) is 0.215. The van der Waals surface area contributed by atoms with E-state index in [9.17, 15) is 0 Å². The van der Waals surface area contributed by atoms with Gasteiger partial charge in [0.1, 0.15) is 0 Å². The second kappa shape index (κ2) is 10.5. The number of hydrogen-bond donors (Lipinski definition) is 0. The van der Waals surface area contributed by atoms with Crippen LogP contribution in [0.15, 0.2) is 146 Å². The lowest BCUT2D eigenvalue weighted by Gasteiger charge is -2.11. The molecule has 7 rings (SSSR count). The zero-order valence-corrected chi connectivity index (χ0v) is 22.8. The molecule has 0 N–H and O–H groups in total. The van der Waals surface area contributed by atoms with Gasteiger partial charge in [-0.2, -0.15) is 0 Å². The van der Waals surface area contributed by atoms with E-state index >= 15 is 0 Å². The molecular weight excluding hydrogens is 480 g/mol. The Hall–Kier alpha value is -4.68. The van der Waals surface area contributed by atoms with Crippen LogP contribution in [0.3, 0.4) is 0 Å². The van der Waals surface area contributed by atoms with Crippen molar-refractivity contribution in [3.8, 4) is 55.6 Å². The summed E-state index contributed by atoms with van der Waals surface area (Å²) in [4.78, 5) is 0. The average Bonchev–Trinajstić information content (AvgIpc) is 3.41. The van der Waals surface area contributed by atoms with E-state index in [-0.39, 0.29) is 0 Å². The van der Waals surface area contributed by atoms with Gasteiger partial charge in [0.05, 0.1) is 0 Å². The average molecular weight is 513 g/mol. The summed E-state index contributed by atoms with van der Waals surface area (Å²) < 4.78 is 0. The third-order valence-electron chi connectivity index (χ3n) is 8.41. The molecule has 40 heavy (non-hydrogen) atoms. The van der Waals surface area contributed by atoms with Crippen molar-refractivity contribution in [2.75, 3.05) is 0 Å². The third kappa shape index (κ3) is 4.78. The van der Waals surface area contributed by atoms with Crippen LogP contribution in [0.4, 0.5) is 0 Å². The molecule has 192 valence electrons. The Morgan fingerprint density at radius 1 is 0.375 bits per heavy atom. The van der Waals surface area contributed by atoms with Crippen molar-refractivity contribution in [2.45, 2.75) is 25.7 Å². The van der Waals surface area contributed by atoms with Crippen LogP contribution in [0, 0.1) is 0 Å². The molecule has 0 spiro atoms. The Labute approximate surface area is 237 Å². The number of aryl methyl sites for hydroxylation is 1. The predicted molar refractivity (Wildman–Crippen MR) is 170 cm³/mol. The number of fused-ring (bicyclic) bond motifs is 1. The summed E-state index contributed by atoms with van der Waals surface area (Å²) in [6, 6.07) is 53.3. The zero-order chi connectivity index (χ0) is 26.9. The van der Waals surface area contributed by atoms with Crippen LogP contribution in [-0.2, 0) is 6.42 Å². The number of rotatable bonds is 5. The molecule has 0 heterocycles. The first kappa shape index (κ1) is 24.4. The molecular formula is C40H32. The van der Waals surface area contributed by atoms with Gasteiger partial charge in [0.15, 0.2) is 0 Å². The number of benzene rings is 6. The molecule has 6 aromatic carbocycles. The van der Waals surface area contributed by atoms with Crippen molar-refractivity contribution in [1.29, 1.82) is 0 Å². The fraction of sp³-hybridized carbons (Fsp3) is 0.100. The van der Waals surface area contributed by atoms with Gasteiger partial charge in [-0.25, -0.2) is 0 Å². The van der Waals surface area contributed by atoms with E-state index in [0.29, 0.717) is 5.92 Å². The Bertz CT molecular complexity index is 1810. The molecule has 1 atom stereocenters. The van der Waals surface area contributed by atoms with Crippen molar-refractivity contribution in [2.24, 2.45) is 0 Å². The van der Waals surface area contributed by atoms with Crippen LogP contribution >= 0.6 is 0 Å². The molecule has 1 aliphatic rings. The van der Waals surface area contributed by atoms with E-state index in [1.807, 2.05) is 0 Å². The lowest BCUT2D eigenvalue weighted by atomic mass is 9.93. The molecule has 0 aliphatic heterocycles. The standard InChI is InChI=1S/C40H32/c1-28-19-20-39-27-38(21-22-40(28)39)37-18-8-17-36(26-37)35-16-7-15-34(25-35)33-14-6-13-32(24-33)31-12-5-11-30(23-31)29-9-3-2-4-10-29/h2-18,21-28H,19-20H2,1H3. The molecule has 0 saturated heterocycles. The van der Waals surface area contributed by atoms with Crippen LogP contribution in [0.25, 0.3) is 55.6 Å². The Kier molecular flexibility index (Phi) is 6.38. The van der Waals surface area contributed by atoms with E-state index in [2.05, 4.69) is 153 Å². The fourth-order valence-electron chi connectivity index (χ4n) is 6.15. The normalized spacial score (nSPS) is 14.2. The monoisotopic (exact) mass is 512 g/mol. The third-order valence-corrected chi connectivity index (χ3v) is 8.41. The summed E-state index contributed by atoms with van der Waals surface area (Å²) in [5.41, 5.74) is 15.5. The first-order valence-electron chi connectivity index (χ1n) is 14.3. The van der Waals surface area contributed by atoms with Crippen molar-refractivity contribution in [1.82, 2.24) is 0 Å². The molecule has 1 unspecified atom stereocenters. The molecule has 0 aromatic heterocycles. The first-order chi connectivity index (χ1) is 19.7. The molecule has 6 aromatic rings. The maximum atomic E-state index is 2.41. The van der Waals surface area contributed by atoms with Gasteiger partial charge in [0.2, 0.25) is 0 Å². The zero-order valence-electron chi connectivity index (χ0n) is 22.8. The smallest absolute Gasteiger partial charge is 0.0178 e. The van der Waals surface area contributed by atoms with E-state index in [1.165, 1.54) is 79.6 Å². The minimum Gasteiger partial charge on any atom is -0.0622 e. The van der Waals surface area contributed by atoms with Crippen LogP contribution in [0.5, 0.6) is 0 Å². The topological polar surface area (TPSA) is 0 Å². The van der Waals surface area contributed by atoms with Gasteiger partial charge in [-0.3, -0.25) is 0 Å². The van der Waals surface area contributed by atoms with E-state index < -0.39 is 0 Å². The second-order valence-electron chi connectivity index (χ2n) is 11.0.